The van der Waals surface area contributed by atoms with Gasteiger partial charge in [-0.2, -0.15) is 0 Å². The molecule has 7 heteroatoms. The van der Waals surface area contributed by atoms with Crippen molar-refractivity contribution in [2.75, 3.05) is 13.6 Å². The zero-order valence-electron chi connectivity index (χ0n) is 17.5. The lowest BCUT2D eigenvalue weighted by atomic mass is 9.99. The van der Waals surface area contributed by atoms with Gasteiger partial charge in [0.25, 0.3) is 0 Å². The van der Waals surface area contributed by atoms with Gasteiger partial charge in [-0.25, -0.2) is 9.59 Å². The average Bonchev–Trinajstić information content (AvgIpc) is 2.40. The van der Waals surface area contributed by atoms with Crippen LogP contribution in [0.25, 0.3) is 0 Å². The minimum absolute atomic E-state index is 0.00489. The highest BCUT2D eigenvalue weighted by molar-refractivity contribution is 5.68. The zero-order valence-corrected chi connectivity index (χ0v) is 17.5. The molecule has 0 aromatic carbocycles. The van der Waals surface area contributed by atoms with Crippen molar-refractivity contribution < 1.29 is 19.1 Å². The van der Waals surface area contributed by atoms with E-state index in [-0.39, 0.29) is 12.0 Å². The maximum atomic E-state index is 11.8. The van der Waals surface area contributed by atoms with Gasteiger partial charge in [-0.3, -0.25) is 0 Å². The van der Waals surface area contributed by atoms with Crippen LogP contribution in [-0.4, -0.2) is 43.0 Å². The lowest BCUT2D eigenvalue weighted by Gasteiger charge is -2.26. The molecule has 1 atom stereocenters. The number of carbonyl (C=O) groups is 2. The van der Waals surface area contributed by atoms with Gasteiger partial charge in [0.1, 0.15) is 11.2 Å². The first-order valence-corrected chi connectivity index (χ1v) is 8.84. The molecule has 0 spiro atoms. The van der Waals surface area contributed by atoms with E-state index in [0.717, 1.165) is 12.8 Å². The molecule has 0 aromatic rings. The van der Waals surface area contributed by atoms with Gasteiger partial charge in [0.2, 0.25) is 0 Å². The van der Waals surface area contributed by atoms with Crippen LogP contribution in [0, 0.1) is 5.92 Å². The van der Waals surface area contributed by atoms with E-state index in [1.54, 1.807) is 0 Å². The topological polar surface area (TPSA) is 103 Å². The van der Waals surface area contributed by atoms with Crippen molar-refractivity contribution in [2.24, 2.45) is 11.7 Å². The van der Waals surface area contributed by atoms with E-state index >= 15 is 0 Å². The maximum Gasteiger partial charge on any atom is 0.407 e. The Morgan fingerprint density at radius 1 is 0.920 bits per heavy atom. The van der Waals surface area contributed by atoms with Crippen LogP contribution in [0.4, 0.5) is 9.59 Å². The Labute approximate surface area is 153 Å². The normalized spacial score (nSPS) is 12.6. The summed E-state index contributed by atoms with van der Waals surface area (Å²) in [6.07, 6.45) is 0.680. The molecule has 0 fully saturated rings. The van der Waals surface area contributed by atoms with Gasteiger partial charge in [0.05, 0.1) is 0 Å². The van der Waals surface area contributed by atoms with E-state index in [9.17, 15) is 9.59 Å². The number of hydrogen-bond donors (Lipinski definition) is 3. The third kappa shape index (κ3) is 17.1. The molecule has 0 aliphatic rings. The van der Waals surface area contributed by atoms with Crippen LogP contribution in [0.3, 0.4) is 0 Å². The lowest BCUT2D eigenvalue weighted by molar-refractivity contribution is 0.0476. The first-order chi connectivity index (χ1) is 11.3. The number of hydrogen-bond acceptors (Lipinski definition) is 5. The summed E-state index contributed by atoms with van der Waals surface area (Å²) in [4.78, 5) is 23.4. The molecule has 0 aliphatic heterocycles. The first-order valence-electron chi connectivity index (χ1n) is 8.84. The van der Waals surface area contributed by atoms with E-state index in [4.69, 9.17) is 9.47 Å². The molecule has 0 heterocycles. The Hall–Kier alpha value is -1.50. The fraction of sp³-hybridized carbons (Fsp3) is 0.889. The number of nitrogens with one attached hydrogen (secondary N) is 2. The van der Waals surface area contributed by atoms with Crippen LogP contribution in [0.15, 0.2) is 0 Å². The second kappa shape index (κ2) is 12.0. The van der Waals surface area contributed by atoms with Gasteiger partial charge >= 0.3 is 12.2 Å². The second-order valence-corrected chi connectivity index (χ2v) is 8.07. The molecule has 25 heavy (non-hydrogen) atoms. The van der Waals surface area contributed by atoms with E-state index < -0.39 is 23.4 Å². The molecule has 7 nitrogen and oxygen atoms in total. The Morgan fingerprint density at radius 3 is 1.76 bits per heavy atom. The molecule has 0 bridgehead atoms. The molecule has 0 radical (unpaired) electrons. The van der Waals surface area contributed by atoms with Gasteiger partial charge in [0, 0.05) is 12.6 Å². The second-order valence-electron chi connectivity index (χ2n) is 8.07. The number of amides is 2. The largest absolute Gasteiger partial charge is 0.444 e. The van der Waals surface area contributed by atoms with Crippen molar-refractivity contribution in [1.82, 2.24) is 10.6 Å². The van der Waals surface area contributed by atoms with Crippen molar-refractivity contribution in [3.8, 4) is 0 Å². The van der Waals surface area contributed by atoms with E-state index in [0.29, 0.717) is 6.54 Å². The minimum atomic E-state index is -0.510. The van der Waals surface area contributed by atoms with Crippen LogP contribution in [0.1, 0.15) is 68.2 Å². The number of carbonyl (C=O) groups excluding carboxylic acids is 2. The smallest absolute Gasteiger partial charge is 0.407 e. The predicted octanol–water partition coefficient (Wildman–Crippen LogP) is 3.42. The van der Waals surface area contributed by atoms with E-state index in [1.165, 1.54) is 7.05 Å². The Kier molecular flexibility index (Phi) is 12.3. The van der Waals surface area contributed by atoms with Crippen LogP contribution >= 0.6 is 0 Å². The van der Waals surface area contributed by atoms with Crippen molar-refractivity contribution in [3.05, 3.63) is 0 Å². The van der Waals surface area contributed by atoms with Gasteiger partial charge in [-0.1, -0.05) is 13.8 Å². The highest BCUT2D eigenvalue weighted by atomic mass is 16.6. The molecule has 4 N–H and O–H groups in total. The zero-order chi connectivity index (χ0) is 20.3. The van der Waals surface area contributed by atoms with E-state index in [2.05, 4.69) is 16.4 Å². The SMILES string of the molecule is CC(C)C(CCCNC(=O)OC(C)(C)C)NC(=O)OC(C)(C)C.CN. The summed E-state index contributed by atoms with van der Waals surface area (Å²) < 4.78 is 10.4. The average molecular weight is 362 g/mol. The Bertz CT molecular complexity index is 385. The molecule has 0 saturated carbocycles. The standard InChI is InChI=1S/C17H34N2O4.CH5N/c1-12(2)13(19-15(21)23-17(6,7)8)10-9-11-18-14(20)22-16(3,4)5;1-2/h12-13H,9-11H2,1-8H3,(H,18,20)(H,19,21);2H2,1H3. The first kappa shape index (κ1) is 25.7. The number of ether oxygens (including phenoxy) is 2. The van der Waals surface area contributed by atoms with Gasteiger partial charge in [-0.05, 0) is 67.3 Å². The number of nitrogens with two attached hydrogens (primary N) is 1. The van der Waals surface area contributed by atoms with Gasteiger partial charge in [0.15, 0.2) is 0 Å². The van der Waals surface area contributed by atoms with Gasteiger partial charge < -0.3 is 25.8 Å². The third-order valence-corrected chi connectivity index (χ3v) is 2.87. The summed E-state index contributed by atoms with van der Waals surface area (Å²) in [6, 6.07) is 0.00489. The molecular weight excluding hydrogens is 322 g/mol. The highest BCUT2D eigenvalue weighted by Crippen LogP contribution is 2.12. The summed E-state index contributed by atoms with van der Waals surface area (Å²) in [7, 11) is 1.50. The summed E-state index contributed by atoms with van der Waals surface area (Å²) in [5.41, 5.74) is 3.49. The Morgan fingerprint density at radius 2 is 1.36 bits per heavy atom. The summed E-state index contributed by atoms with van der Waals surface area (Å²) in [6.45, 7) is 15.6. The molecular formula is C18H39N3O4. The summed E-state index contributed by atoms with van der Waals surface area (Å²) in [5, 5.41) is 5.61. The monoisotopic (exact) mass is 361 g/mol. The van der Waals surface area contributed by atoms with Crippen LogP contribution < -0.4 is 16.4 Å². The molecule has 2 amide bonds. The Balaban J connectivity index is 0. The number of alkyl carbamates (subject to hydrolysis) is 2. The summed E-state index contributed by atoms with van der Waals surface area (Å²) in [5.74, 6) is 0.282. The quantitative estimate of drug-likeness (QED) is 0.629. The molecule has 0 aromatic heterocycles. The molecule has 0 aliphatic carbocycles. The van der Waals surface area contributed by atoms with Crippen molar-refractivity contribution >= 4 is 12.2 Å². The fourth-order valence-corrected chi connectivity index (χ4v) is 1.86. The fourth-order valence-electron chi connectivity index (χ4n) is 1.86. The highest BCUT2D eigenvalue weighted by Gasteiger charge is 2.21. The van der Waals surface area contributed by atoms with Crippen molar-refractivity contribution in [3.63, 3.8) is 0 Å². The molecule has 0 rings (SSSR count). The van der Waals surface area contributed by atoms with Crippen molar-refractivity contribution in [1.29, 1.82) is 0 Å². The molecule has 1 unspecified atom stereocenters. The summed E-state index contributed by atoms with van der Waals surface area (Å²) >= 11 is 0. The van der Waals surface area contributed by atoms with E-state index in [1.807, 2.05) is 55.4 Å². The maximum absolute atomic E-state index is 11.8. The molecule has 150 valence electrons. The predicted molar refractivity (Wildman–Crippen MR) is 102 cm³/mol. The van der Waals surface area contributed by atoms with Crippen LogP contribution in [-0.2, 0) is 9.47 Å². The third-order valence-electron chi connectivity index (χ3n) is 2.87. The van der Waals surface area contributed by atoms with Crippen LogP contribution in [0.2, 0.25) is 0 Å². The minimum Gasteiger partial charge on any atom is -0.444 e. The lowest BCUT2D eigenvalue weighted by Crippen LogP contribution is -2.42. The number of rotatable bonds is 6. The van der Waals surface area contributed by atoms with Crippen LogP contribution in [0.5, 0.6) is 0 Å². The van der Waals surface area contributed by atoms with Gasteiger partial charge in [-0.15, -0.1) is 0 Å². The molecule has 0 saturated heterocycles. The van der Waals surface area contributed by atoms with Crippen molar-refractivity contribution in [2.45, 2.75) is 85.5 Å².